The van der Waals surface area contributed by atoms with Crippen molar-refractivity contribution in [2.75, 3.05) is 0 Å². The molecule has 0 radical (unpaired) electrons. The van der Waals surface area contributed by atoms with Crippen LogP contribution in [-0.2, 0) is 0 Å². The molecule has 0 amide bonds. The van der Waals surface area contributed by atoms with Crippen LogP contribution in [0.3, 0.4) is 0 Å². The Labute approximate surface area is 84.8 Å². The van der Waals surface area contributed by atoms with Crippen molar-refractivity contribution in [2.24, 2.45) is 0 Å². The first-order valence-corrected chi connectivity index (χ1v) is 6.17. The molecule has 1 heterocycles. The highest BCUT2D eigenvalue weighted by atomic mass is 32.2. The molecule has 0 aromatic carbocycles. The van der Waals surface area contributed by atoms with Crippen LogP contribution >= 0.6 is 35.3 Å². The van der Waals surface area contributed by atoms with Crippen molar-refractivity contribution in [3.05, 3.63) is 3.95 Å². The number of aromatic nitrogens is 2. The van der Waals surface area contributed by atoms with Crippen LogP contribution in [0.25, 0.3) is 0 Å². The minimum absolute atomic E-state index is 0.787. The van der Waals surface area contributed by atoms with Crippen molar-refractivity contribution in [2.45, 2.75) is 35.3 Å². The molecule has 1 aromatic rings. The molecule has 66 valence electrons. The fourth-order valence-corrected chi connectivity index (χ4v) is 4.00. The van der Waals surface area contributed by atoms with Crippen molar-refractivity contribution in [1.29, 1.82) is 0 Å². The van der Waals surface area contributed by atoms with Gasteiger partial charge in [0.05, 0.1) is 0 Å². The Bertz CT molecular complexity index is 298. The Morgan fingerprint density at radius 3 is 2.83 bits per heavy atom. The summed E-state index contributed by atoms with van der Waals surface area (Å²) in [6.45, 7) is 0. The SMILES string of the molecule is S=c1[nH]nc(SC2CCCC2)s1. The van der Waals surface area contributed by atoms with E-state index < -0.39 is 0 Å². The van der Waals surface area contributed by atoms with E-state index >= 15 is 0 Å². The van der Waals surface area contributed by atoms with Crippen LogP contribution in [0.2, 0.25) is 0 Å². The molecule has 2 nitrogen and oxygen atoms in total. The Kier molecular flexibility index (Phi) is 2.83. The summed E-state index contributed by atoms with van der Waals surface area (Å²) in [5, 5.41) is 7.73. The van der Waals surface area contributed by atoms with E-state index in [2.05, 4.69) is 10.2 Å². The summed E-state index contributed by atoms with van der Waals surface area (Å²) in [7, 11) is 0. The molecule has 0 aliphatic heterocycles. The lowest BCUT2D eigenvalue weighted by molar-refractivity contribution is 0.886. The lowest BCUT2D eigenvalue weighted by Crippen LogP contribution is -1.92. The molecule has 1 N–H and O–H groups in total. The summed E-state index contributed by atoms with van der Waals surface area (Å²) in [5.74, 6) is 0. The van der Waals surface area contributed by atoms with E-state index in [1.807, 2.05) is 11.8 Å². The fraction of sp³-hybridized carbons (Fsp3) is 0.714. The zero-order valence-electron chi connectivity index (χ0n) is 6.58. The van der Waals surface area contributed by atoms with E-state index in [1.165, 1.54) is 25.7 Å². The van der Waals surface area contributed by atoms with Crippen LogP contribution < -0.4 is 0 Å². The van der Waals surface area contributed by atoms with Gasteiger partial charge in [-0.05, 0) is 25.1 Å². The summed E-state index contributed by atoms with van der Waals surface area (Å²) >= 11 is 8.43. The van der Waals surface area contributed by atoms with Gasteiger partial charge >= 0.3 is 0 Å². The molecular weight excluding hydrogens is 208 g/mol. The Morgan fingerprint density at radius 2 is 2.25 bits per heavy atom. The number of hydrogen-bond donors (Lipinski definition) is 1. The normalized spacial score (nSPS) is 18.7. The monoisotopic (exact) mass is 218 g/mol. The van der Waals surface area contributed by atoms with Crippen LogP contribution in [0, 0.1) is 3.95 Å². The molecule has 1 saturated carbocycles. The molecule has 1 aliphatic carbocycles. The van der Waals surface area contributed by atoms with E-state index in [0.717, 1.165) is 13.5 Å². The topological polar surface area (TPSA) is 28.7 Å². The molecule has 0 atom stereocenters. The lowest BCUT2D eigenvalue weighted by atomic mass is 10.4. The Morgan fingerprint density at radius 1 is 1.50 bits per heavy atom. The number of rotatable bonds is 2. The van der Waals surface area contributed by atoms with Gasteiger partial charge in [0.1, 0.15) is 0 Å². The first-order chi connectivity index (χ1) is 5.84. The minimum atomic E-state index is 0.787. The highest BCUT2D eigenvalue weighted by molar-refractivity contribution is 8.01. The largest absolute Gasteiger partial charge is 0.257 e. The summed E-state index contributed by atoms with van der Waals surface area (Å²) in [5.41, 5.74) is 0. The van der Waals surface area contributed by atoms with Crippen LogP contribution in [0.5, 0.6) is 0 Å². The average molecular weight is 218 g/mol. The van der Waals surface area contributed by atoms with Gasteiger partial charge in [-0.2, -0.15) is 5.10 Å². The Balaban J connectivity index is 1.98. The number of nitrogens with zero attached hydrogens (tertiary/aromatic N) is 1. The van der Waals surface area contributed by atoms with Crippen LogP contribution in [0.15, 0.2) is 4.34 Å². The molecule has 0 bridgehead atoms. The second-order valence-electron chi connectivity index (χ2n) is 2.90. The van der Waals surface area contributed by atoms with Crippen LogP contribution in [0.4, 0.5) is 0 Å². The first kappa shape index (κ1) is 8.72. The van der Waals surface area contributed by atoms with Gasteiger partial charge in [0.25, 0.3) is 0 Å². The molecule has 1 aromatic heterocycles. The number of aromatic amines is 1. The maximum absolute atomic E-state index is 4.96. The van der Waals surface area contributed by atoms with Crippen molar-refractivity contribution in [3.63, 3.8) is 0 Å². The molecule has 0 spiro atoms. The Hall–Kier alpha value is 0.130. The predicted molar refractivity (Wildman–Crippen MR) is 55.4 cm³/mol. The first-order valence-electron chi connectivity index (χ1n) is 4.07. The lowest BCUT2D eigenvalue weighted by Gasteiger charge is -2.02. The summed E-state index contributed by atoms with van der Waals surface area (Å²) < 4.78 is 1.89. The number of hydrogen-bond acceptors (Lipinski definition) is 4. The van der Waals surface area contributed by atoms with Gasteiger partial charge in [-0.25, -0.2) is 0 Å². The molecule has 2 rings (SSSR count). The van der Waals surface area contributed by atoms with Crippen molar-refractivity contribution in [3.8, 4) is 0 Å². The number of thioether (sulfide) groups is 1. The van der Waals surface area contributed by atoms with E-state index in [1.54, 1.807) is 11.3 Å². The third-order valence-corrected chi connectivity index (χ3v) is 4.51. The summed E-state index contributed by atoms with van der Waals surface area (Å²) in [6.07, 6.45) is 5.45. The van der Waals surface area contributed by atoms with Gasteiger partial charge in [0, 0.05) is 5.25 Å². The maximum Gasteiger partial charge on any atom is 0.177 e. The fourth-order valence-electron chi connectivity index (χ4n) is 1.42. The van der Waals surface area contributed by atoms with Crippen molar-refractivity contribution in [1.82, 2.24) is 10.2 Å². The van der Waals surface area contributed by atoms with Crippen molar-refractivity contribution < 1.29 is 0 Å². The molecule has 12 heavy (non-hydrogen) atoms. The van der Waals surface area contributed by atoms with Crippen LogP contribution in [-0.4, -0.2) is 15.4 Å². The highest BCUT2D eigenvalue weighted by Gasteiger charge is 2.17. The summed E-state index contributed by atoms with van der Waals surface area (Å²) in [6, 6.07) is 0. The van der Waals surface area contributed by atoms with Gasteiger partial charge in [-0.15, -0.1) is 0 Å². The van der Waals surface area contributed by atoms with E-state index in [9.17, 15) is 0 Å². The van der Waals surface area contributed by atoms with Gasteiger partial charge < -0.3 is 0 Å². The van der Waals surface area contributed by atoms with Gasteiger partial charge in [-0.1, -0.05) is 35.9 Å². The standard InChI is InChI=1S/C7H10N2S3/c10-6-8-9-7(12-6)11-5-3-1-2-4-5/h5H,1-4H2,(H,8,10). The zero-order chi connectivity index (χ0) is 8.39. The minimum Gasteiger partial charge on any atom is -0.257 e. The second kappa shape index (κ2) is 3.89. The van der Waals surface area contributed by atoms with E-state index in [0.29, 0.717) is 0 Å². The maximum atomic E-state index is 4.96. The number of H-pyrrole nitrogens is 1. The zero-order valence-corrected chi connectivity index (χ0v) is 9.03. The van der Waals surface area contributed by atoms with Crippen molar-refractivity contribution >= 4 is 35.3 Å². The van der Waals surface area contributed by atoms with Gasteiger partial charge in [0.15, 0.2) is 8.29 Å². The van der Waals surface area contributed by atoms with Gasteiger partial charge in [0.2, 0.25) is 0 Å². The predicted octanol–water partition coefficient (Wildman–Crippen LogP) is 3.24. The molecule has 5 heteroatoms. The van der Waals surface area contributed by atoms with E-state index in [-0.39, 0.29) is 0 Å². The van der Waals surface area contributed by atoms with Crippen LogP contribution in [0.1, 0.15) is 25.7 Å². The molecular formula is C7H10N2S3. The second-order valence-corrected chi connectivity index (χ2v) is 6.12. The van der Waals surface area contributed by atoms with E-state index in [4.69, 9.17) is 12.2 Å². The molecule has 0 unspecified atom stereocenters. The third kappa shape index (κ3) is 2.08. The number of nitrogens with one attached hydrogen (secondary N) is 1. The quantitative estimate of drug-likeness (QED) is 0.773. The highest BCUT2D eigenvalue weighted by Crippen LogP contribution is 2.35. The third-order valence-electron chi connectivity index (χ3n) is 1.99. The smallest absolute Gasteiger partial charge is 0.177 e. The molecule has 1 fully saturated rings. The molecule has 0 saturated heterocycles. The summed E-state index contributed by atoms with van der Waals surface area (Å²) in [4.78, 5) is 0. The molecule has 1 aliphatic rings. The van der Waals surface area contributed by atoms with Gasteiger partial charge in [-0.3, -0.25) is 5.10 Å². The average Bonchev–Trinajstić information content (AvgIpc) is 2.63.